The van der Waals surface area contributed by atoms with Crippen LogP contribution < -0.4 is 0 Å². The minimum absolute atomic E-state index is 0.530. The number of hydrogen-bond donors (Lipinski definition) is 0. The summed E-state index contributed by atoms with van der Waals surface area (Å²) in [6, 6.07) is 10.8. The third-order valence-corrected chi connectivity index (χ3v) is 4.11. The lowest BCUT2D eigenvalue weighted by atomic mass is 10.0. The van der Waals surface area contributed by atoms with E-state index in [9.17, 15) is 0 Å². The molecule has 0 saturated carbocycles. The molecule has 0 aliphatic heterocycles. The van der Waals surface area contributed by atoms with Crippen molar-refractivity contribution in [1.29, 1.82) is 0 Å². The van der Waals surface area contributed by atoms with Crippen LogP contribution in [0.25, 0.3) is 0 Å². The Kier molecular flexibility index (Phi) is 6.61. The van der Waals surface area contributed by atoms with E-state index in [1.807, 2.05) is 0 Å². The standard InChI is InChI=1S/C10H12Cl2Si2/c11-13-7-5-9-3-1-2-4-10(9)6-8-14-12/h1-4H,5-8H2. The molecular weight excluding hydrogens is 247 g/mol. The first-order valence-electron chi connectivity index (χ1n) is 4.62. The number of hydrogen-bond acceptors (Lipinski definition) is 0. The maximum atomic E-state index is 5.72. The highest BCUT2D eigenvalue weighted by molar-refractivity contribution is 6.93. The van der Waals surface area contributed by atoms with Gasteiger partial charge in [0.2, 0.25) is 0 Å². The first-order chi connectivity index (χ1) is 6.88. The molecular formula is C10H12Cl2Si2. The first-order valence-corrected chi connectivity index (χ1v) is 9.06. The zero-order valence-electron chi connectivity index (χ0n) is 7.89. The SMILES string of the molecule is Cl[Si]CCc1ccccc1CC[Si]Cl. The van der Waals surface area contributed by atoms with Crippen LogP contribution in [0.2, 0.25) is 12.1 Å². The largest absolute Gasteiger partial charge is 0.172 e. The molecule has 0 spiro atoms. The highest BCUT2D eigenvalue weighted by atomic mass is 35.6. The Morgan fingerprint density at radius 1 is 0.857 bits per heavy atom. The maximum Gasteiger partial charge on any atom is 0.172 e. The Labute approximate surface area is 100 Å². The van der Waals surface area contributed by atoms with Gasteiger partial charge in [-0.3, -0.25) is 0 Å². The van der Waals surface area contributed by atoms with E-state index in [4.69, 9.17) is 22.2 Å². The van der Waals surface area contributed by atoms with Gasteiger partial charge in [-0.15, -0.1) is 0 Å². The van der Waals surface area contributed by atoms with Gasteiger partial charge in [0.05, 0.1) is 0 Å². The fraction of sp³-hybridized carbons (Fsp3) is 0.400. The van der Waals surface area contributed by atoms with Crippen LogP contribution in [-0.4, -0.2) is 17.7 Å². The van der Waals surface area contributed by atoms with Gasteiger partial charge in [-0.05, 0) is 36.1 Å². The van der Waals surface area contributed by atoms with E-state index >= 15 is 0 Å². The van der Waals surface area contributed by atoms with Crippen molar-refractivity contribution in [3.05, 3.63) is 35.4 Å². The predicted octanol–water partition coefficient (Wildman–Crippen LogP) is 3.32. The molecule has 74 valence electrons. The average molecular weight is 259 g/mol. The van der Waals surface area contributed by atoms with Crippen LogP contribution in [0.15, 0.2) is 24.3 Å². The molecule has 4 heteroatoms. The maximum absolute atomic E-state index is 5.72. The second-order valence-electron chi connectivity index (χ2n) is 3.04. The average Bonchev–Trinajstić information content (AvgIpc) is 2.24. The molecule has 0 N–H and O–H groups in total. The molecule has 0 saturated heterocycles. The molecule has 1 aromatic carbocycles. The van der Waals surface area contributed by atoms with Crippen molar-refractivity contribution in [1.82, 2.24) is 0 Å². The van der Waals surface area contributed by atoms with E-state index in [2.05, 4.69) is 24.3 Å². The van der Waals surface area contributed by atoms with Crippen LogP contribution >= 0.6 is 22.2 Å². The van der Waals surface area contributed by atoms with E-state index in [1.54, 1.807) is 0 Å². The van der Waals surface area contributed by atoms with Crippen LogP contribution in [0.5, 0.6) is 0 Å². The third-order valence-electron chi connectivity index (χ3n) is 2.10. The van der Waals surface area contributed by atoms with Crippen LogP contribution in [0.4, 0.5) is 0 Å². The Hall–Kier alpha value is 0.234. The quantitative estimate of drug-likeness (QED) is 0.543. The fourth-order valence-electron chi connectivity index (χ4n) is 1.41. The zero-order chi connectivity index (χ0) is 10.2. The van der Waals surface area contributed by atoms with Crippen LogP contribution in [0.1, 0.15) is 11.1 Å². The second kappa shape index (κ2) is 7.52. The van der Waals surface area contributed by atoms with E-state index in [0.29, 0.717) is 17.7 Å². The summed E-state index contributed by atoms with van der Waals surface area (Å²) < 4.78 is 0. The van der Waals surface area contributed by atoms with E-state index < -0.39 is 0 Å². The summed E-state index contributed by atoms with van der Waals surface area (Å²) in [5.41, 5.74) is 2.88. The monoisotopic (exact) mass is 258 g/mol. The highest BCUT2D eigenvalue weighted by Crippen LogP contribution is 2.13. The third kappa shape index (κ3) is 4.17. The van der Waals surface area contributed by atoms with Crippen molar-refractivity contribution in [2.45, 2.75) is 24.9 Å². The smallest absolute Gasteiger partial charge is 0.171 e. The number of halogens is 2. The lowest BCUT2D eigenvalue weighted by Gasteiger charge is -2.07. The Bertz CT molecular complexity index is 239. The van der Waals surface area contributed by atoms with Gasteiger partial charge in [0.25, 0.3) is 0 Å². The Balaban J connectivity index is 2.60. The van der Waals surface area contributed by atoms with Crippen molar-refractivity contribution in [3.63, 3.8) is 0 Å². The molecule has 0 fully saturated rings. The van der Waals surface area contributed by atoms with Gasteiger partial charge in [0, 0.05) is 0 Å². The van der Waals surface area contributed by atoms with Crippen molar-refractivity contribution < 1.29 is 0 Å². The van der Waals surface area contributed by atoms with Crippen molar-refractivity contribution >= 4 is 39.8 Å². The van der Waals surface area contributed by atoms with Gasteiger partial charge >= 0.3 is 0 Å². The highest BCUT2D eigenvalue weighted by Gasteiger charge is 2.01. The summed E-state index contributed by atoms with van der Waals surface area (Å²) in [4.78, 5) is 0. The Morgan fingerprint density at radius 3 is 1.64 bits per heavy atom. The van der Waals surface area contributed by atoms with Gasteiger partial charge < -0.3 is 0 Å². The summed E-state index contributed by atoms with van der Waals surface area (Å²) in [7, 11) is 1.06. The van der Waals surface area contributed by atoms with Gasteiger partial charge in [0.15, 0.2) is 17.7 Å². The molecule has 1 rings (SSSR count). The molecule has 1 aromatic rings. The molecule has 0 unspecified atom stereocenters. The minimum atomic E-state index is 0.530. The molecule has 0 bridgehead atoms. The number of aryl methyl sites for hydroxylation is 2. The summed E-state index contributed by atoms with van der Waals surface area (Å²) >= 11 is 11.4. The molecule has 0 aliphatic rings. The summed E-state index contributed by atoms with van der Waals surface area (Å²) in [6.07, 6.45) is 2.20. The van der Waals surface area contributed by atoms with E-state index in [-0.39, 0.29) is 0 Å². The normalized spacial score (nSPS) is 10.4. The van der Waals surface area contributed by atoms with E-state index in [1.165, 1.54) is 11.1 Å². The fourth-order valence-corrected chi connectivity index (χ4v) is 2.70. The first kappa shape index (κ1) is 12.3. The topological polar surface area (TPSA) is 0 Å². The predicted molar refractivity (Wildman–Crippen MR) is 66.7 cm³/mol. The summed E-state index contributed by atoms with van der Waals surface area (Å²) in [5, 5.41) is 0. The molecule has 0 nitrogen and oxygen atoms in total. The lowest BCUT2D eigenvalue weighted by molar-refractivity contribution is 1.03. The van der Waals surface area contributed by atoms with Crippen LogP contribution in [-0.2, 0) is 12.8 Å². The lowest BCUT2D eigenvalue weighted by Crippen LogP contribution is -1.96. The van der Waals surface area contributed by atoms with Gasteiger partial charge in [-0.25, -0.2) is 0 Å². The van der Waals surface area contributed by atoms with Crippen LogP contribution in [0.3, 0.4) is 0 Å². The number of benzene rings is 1. The van der Waals surface area contributed by atoms with E-state index in [0.717, 1.165) is 24.9 Å². The molecule has 0 atom stereocenters. The minimum Gasteiger partial charge on any atom is -0.171 e. The van der Waals surface area contributed by atoms with Crippen molar-refractivity contribution in [3.8, 4) is 0 Å². The van der Waals surface area contributed by atoms with Crippen molar-refractivity contribution in [2.75, 3.05) is 0 Å². The zero-order valence-corrected chi connectivity index (χ0v) is 11.4. The van der Waals surface area contributed by atoms with Gasteiger partial charge in [-0.1, -0.05) is 24.3 Å². The van der Waals surface area contributed by atoms with Crippen LogP contribution in [0, 0.1) is 0 Å². The van der Waals surface area contributed by atoms with Crippen molar-refractivity contribution in [2.24, 2.45) is 0 Å². The van der Waals surface area contributed by atoms with Gasteiger partial charge in [0.1, 0.15) is 0 Å². The number of rotatable bonds is 6. The summed E-state index contributed by atoms with van der Waals surface area (Å²) in [5.74, 6) is 0. The summed E-state index contributed by atoms with van der Waals surface area (Å²) in [6.45, 7) is 0. The molecule has 0 heterocycles. The molecule has 0 aliphatic carbocycles. The van der Waals surface area contributed by atoms with Gasteiger partial charge in [-0.2, -0.15) is 22.2 Å². The Morgan fingerprint density at radius 2 is 1.29 bits per heavy atom. The molecule has 0 amide bonds. The molecule has 0 aromatic heterocycles. The molecule has 4 radical (unpaired) electrons. The second-order valence-corrected chi connectivity index (χ2v) is 6.17. The molecule has 14 heavy (non-hydrogen) atoms.